The summed E-state index contributed by atoms with van der Waals surface area (Å²) in [5.41, 5.74) is 0.814. The second-order valence-electron chi connectivity index (χ2n) is 4.05. The molecule has 1 heterocycles. The summed E-state index contributed by atoms with van der Waals surface area (Å²) in [6, 6.07) is 7.81. The van der Waals surface area contributed by atoms with Crippen molar-refractivity contribution in [2.75, 3.05) is 25.4 Å². The molecule has 1 fully saturated rings. The summed E-state index contributed by atoms with van der Waals surface area (Å²) in [6.45, 7) is 3.63. The van der Waals surface area contributed by atoms with Gasteiger partial charge in [0.05, 0.1) is 0 Å². The van der Waals surface area contributed by atoms with E-state index in [0.717, 1.165) is 29.0 Å². The van der Waals surface area contributed by atoms with Crippen LogP contribution in [0.4, 0.5) is 0 Å². The van der Waals surface area contributed by atoms with Crippen LogP contribution in [0.25, 0.3) is 0 Å². The van der Waals surface area contributed by atoms with Crippen molar-refractivity contribution < 1.29 is 4.79 Å². The number of benzene rings is 1. The van der Waals surface area contributed by atoms with Crippen molar-refractivity contribution in [2.45, 2.75) is 17.7 Å². The first-order valence-electron chi connectivity index (χ1n) is 5.79. The third kappa shape index (κ3) is 3.09. The largest absolute Gasteiger partial charge is 0.303 e. The molecule has 1 saturated heterocycles. The molecule has 0 radical (unpaired) electrons. The van der Waals surface area contributed by atoms with E-state index in [-0.39, 0.29) is 0 Å². The first kappa shape index (κ1) is 11.7. The molecule has 0 aliphatic carbocycles. The van der Waals surface area contributed by atoms with Gasteiger partial charge in [0.25, 0.3) is 0 Å². The lowest BCUT2D eigenvalue weighted by Crippen LogP contribution is -2.21. The van der Waals surface area contributed by atoms with Crippen molar-refractivity contribution in [1.29, 1.82) is 0 Å². The maximum atomic E-state index is 10.8. The van der Waals surface area contributed by atoms with Crippen LogP contribution in [0.2, 0.25) is 0 Å². The van der Waals surface area contributed by atoms with Gasteiger partial charge in [0.15, 0.2) is 6.29 Å². The first-order valence-corrected chi connectivity index (χ1v) is 6.78. The molecule has 0 aromatic heterocycles. The van der Waals surface area contributed by atoms with Crippen molar-refractivity contribution >= 4 is 18.0 Å². The van der Waals surface area contributed by atoms with Gasteiger partial charge in [0.2, 0.25) is 0 Å². The predicted molar refractivity (Wildman–Crippen MR) is 68.2 cm³/mol. The molecule has 0 unspecified atom stereocenters. The second-order valence-corrected chi connectivity index (χ2v) is 5.19. The number of thioether (sulfide) groups is 1. The number of rotatable bonds is 5. The Morgan fingerprint density at radius 3 is 2.75 bits per heavy atom. The normalized spacial score (nSPS) is 16.5. The van der Waals surface area contributed by atoms with Gasteiger partial charge in [-0.1, -0.05) is 18.2 Å². The SMILES string of the molecule is O=Cc1ccccc1SCCN1CCCC1. The molecule has 1 aromatic rings. The molecule has 1 aromatic carbocycles. The predicted octanol–water partition coefficient (Wildman–Crippen LogP) is 2.69. The number of carbonyl (C=O) groups excluding carboxylic acids is 1. The van der Waals surface area contributed by atoms with E-state index in [2.05, 4.69) is 4.90 Å². The lowest BCUT2D eigenvalue weighted by atomic mass is 10.2. The smallest absolute Gasteiger partial charge is 0.151 e. The average Bonchev–Trinajstić information content (AvgIpc) is 2.83. The maximum absolute atomic E-state index is 10.8. The van der Waals surface area contributed by atoms with E-state index in [1.54, 1.807) is 11.8 Å². The molecule has 0 N–H and O–H groups in total. The van der Waals surface area contributed by atoms with E-state index in [0.29, 0.717) is 0 Å². The quantitative estimate of drug-likeness (QED) is 0.578. The van der Waals surface area contributed by atoms with Gasteiger partial charge in [-0.3, -0.25) is 4.79 Å². The van der Waals surface area contributed by atoms with Gasteiger partial charge in [0, 0.05) is 22.8 Å². The number of likely N-dealkylation sites (tertiary alicyclic amines) is 1. The Morgan fingerprint density at radius 2 is 2.00 bits per heavy atom. The van der Waals surface area contributed by atoms with Crippen LogP contribution in [0, 0.1) is 0 Å². The lowest BCUT2D eigenvalue weighted by Gasteiger charge is -2.13. The summed E-state index contributed by atoms with van der Waals surface area (Å²) >= 11 is 1.79. The van der Waals surface area contributed by atoms with Crippen LogP contribution < -0.4 is 0 Å². The van der Waals surface area contributed by atoms with Crippen LogP contribution in [0.3, 0.4) is 0 Å². The molecule has 2 nitrogen and oxygen atoms in total. The topological polar surface area (TPSA) is 20.3 Å². The fraction of sp³-hybridized carbons (Fsp3) is 0.462. The highest BCUT2D eigenvalue weighted by atomic mass is 32.2. The molecule has 2 rings (SSSR count). The third-order valence-corrected chi connectivity index (χ3v) is 3.98. The van der Waals surface area contributed by atoms with Crippen molar-refractivity contribution in [1.82, 2.24) is 4.90 Å². The Balaban J connectivity index is 1.82. The van der Waals surface area contributed by atoms with Crippen LogP contribution in [0.15, 0.2) is 29.2 Å². The van der Waals surface area contributed by atoms with E-state index in [1.807, 2.05) is 24.3 Å². The number of carbonyl (C=O) groups is 1. The lowest BCUT2D eigenvalue weighted by molar-refractivity contribution is 0.112. The highest BCUT2D eigenvalue weighted by Gasteiger charge is 2.10. The number of hydrogen-bond donors (Lipinski definition) is 0. The minimum Gasteiger partial charge on any atom is -0.303 e. The summed E-state index contributed by atoms with van der Waals surface area (Å²) in [7, 11) is 0. The van der Waals surface area contributed by atoms with Gasteiger partial charge in [0.1, 0.15) is 0 Å². The Hall–Kier alpha value is -0.800. The van der Waals surface area contributed by atoms with Gasteiger partial charge in [-0.05, 0) is 32.0 Å². The van der Waals surface area contributed by atoms with E-state index in [1.165, 1.54) is 25.9 Å². The average molecular weight is 235 g/mol. The van der Waals surface area contributed by atoms with Crippen LogP contribution in [-0.2, 0) is 0 Å². The third-order valence-electron chi connectivity index (χ3n) is 2.91. The summed E-state index contributed by atoms with van der Waals surface area (Å²) in [5.74, 6) is 1.07. The highest BCUT2D eigenvalue weighted by molar-refractivity contribution is 7.99. The molecule has 86 valence electrons. The number of nitrogens with zero attached hydrogens (tertiary/aromatic N) is 1. The Labute approximate surface area is 101 Å². The van der Waals surface area contributed by atoms with Crippen LogP contribution in [0.5, 0.6) is 0 Å². The Kier molecular flexibility index (Phi) is 4.43. The van der Waals surface area contributed by atoms with E-state index >= 15 is 0 Å². The van der Waals surface area contributed by atoms with Crippen LogP contribution >= 0.6 is 11.8 Å². The fourth-order valence-electron chi connectivity index (χ4n) is 2.00. The second kappa shape index (κ2) is 6.06. The molecular weight excluding hydrogens is 218 g/mol. The summed E-state index contributed by atoms with van der Waals surface area (Å²) in [4.78, 5) is 14.4. The van der Waals surface area contributed by atoms with E-state index < -0.39 is 0 Å². The summed E-state index contributed by atoms with van der Waals surface area (Å²) in [5, 5.41) is 0. The van der Waals surface area contributed by atoms with Crippen LogP contribution in [-0.4, -0.2) is 36.6 Å². The Morgan fingerprint density at radius 1 is 1.25 bits per heavy atom. The monoisotopic (exact) mass is 235 g/mol. The molecule has 1 aliphatic rings. The molecule has 3 heteroatoms. The first-order chi connectivity index (χ1) is 7.90. The molecule has 0 spiro atoms. The van der Waals surface area contributed by atoms with Crippen molar-refractivity contribution in [3.63, 3.8) is 0 Å². The zero-order valence-electron chi connectivity index (χ0n) is 9.39. The van der Waals surface area contributed by atoms with Gasteiger partial charge in [-0.2, -0.15) is 0 Å². The molecule has 1 aliphatic heterocycles. The minimum atomic E-state index is 0.814. The molecule has 0 saturated carbocycles. The van der Waals surface area contributed by atoms with Crippen molar-refractivity contribution in [3.05, 3.63) is 29.8 Å². The molecule has 0 amide bonds. The fourth-order valence-corrected chi connectivity index (χ4v) is 3.03. The standard InChI is InChI=1S/C13H17NOS/c15-11-12-5-1-2-6-13(12)16-10-9-14-7-3-4-8-14/h1-2,5-6,11H,3-4,7-10H2. The highest BCUT2D eigenvalue weighted by Crippen LogP contribution is 2.21. The summed E-state index contributed by atoms with van der Waals surface area (Å²) < 4.78 is 0. The van der Waals surface area contributed by atoms with Gasteiger partial charge in [-0.25, -0.2) is 0 Å². The van der Waals surface area contributed by atoms with Crippen molar-refractivity contribution in [2.24, 2.45) is 0 Å². The van der Waals surface area contributed by atoms with E-state index in [9.17, 15) is 4.79 Å². The van der Waals surface area contributed by atoms with Gasteiger partial charge < -0.3 is 4.90 Å². The van der Waals surface area contributed by atoms with Crippen LogP contribution in [0.1, 0.15) is 23.2 Å². The number of aldehydes is 1. The minimum absolute atomic E-state index is 0.814. The molecule has 16 heavy (non-hydrogen) atoms. The molecule has 0 bridgehead atoms. The Bertz CT molecular complexity index is 348. The molecular formula is C13H17NOS. The van der Waals surface area contributed by atoms with Gasteiger partial charge in [-0.15, -0.1) is 11.8 Å². The number of hydrogen-bond acceptors (Lipinski definition) is 3. The zero-order chi connectivity index (χ0) is 11.2. The summed E-state index contributed by atoms with van der Waals surface area (Å²) in [6.07, 6.45) is 3.63. The van der Waals surface area contributed by atoms with E-state index in [4.69, 9.17) is 0 Å². The maximum Gasteiger partial charge on any atom is 0.151 e. The molecule has 0 atom stereocenters. The van der Waals surface area contributed by atoms with Crippen molar-refractivity contribution in [3.8, 4) is 0 Å². The zero-order valence-corrected chi connectivity index (χ0v) is 10.2. The van der Waals surface area contributed by atoms with Gasteiger partial charge >= 0.3 is 0 Å².